The SMILES string of the molecule is Nc1cccc(C(=O)NC2CCCCC2CO)c1Br. The molecule has 1 aromatic carbocycles. The van der Waals surface area contributed by atoms with Gasteiger partial charge in [-0.05, 0) is 40.9 Å². The second-order valence-electron chi connectivity index (χ2n) is 5.02. The predicted molar refractivity (Wildman–Crippen MR) is 78.9 cm³/mol. The van der Waals surface area contributed by atoms with Crippen LogP contribution in [0.3, 0.4) is 0 Å². The highest BCUT2D eigenvalue weighted by Crippen LogP contribution is 2.26. The number of nitrogens with one attached hydrogen (secondary N) is 1. The van der Waals surface area contributed by atoms with Crippen molar-refractivity contribution in [2.45, 2.75) is 31.7 Å². The number of nitrogen functional groups attached to an aromatic ring is 1. The average molecular weight is 327 g/mol. The number of aliphatic hydroxyl groups is 1. The van der Waals surface area contributed by atoms with Gasteiger partial charge in [-0.1, -0.05) is 18.9 Å². The molecule has 1 aliphatic rings. The number of rotatable bonds is 3. The van der Waals surface area contributed by atoms with Gasteiger partial charge < -0.3 is 16.2 Å². The Morgan fingerprint density at radius 2 is 2.16 bits per heavy atom. The number of amides is 1. The molecule has 0 heterocycles. The van der Waals surface area contributed by atoms with E-state index in [0.29, 0.717) is 15.7 Å². The zero-order chi connectivity index (χ0) is 13.8. The van der Waals surface area contributed by atoms with Crippen LogP contribution >= 0.6 is 15.9 Å². The fourth-order valence-electron chi connectivity index (χ4n) is 2.59. The summed E-state index contributed by atoms with van der Waals surface area (Å²) in [5, 5.41) is 12.4. The summed E-state index contributed by atoms with van der Waals surface area (Å²) >= 11 is 3.34. The second kappa shape index (κ2) is 6.39. The smallest absolute Gasteiger partial charge is 0.252 e. The van der Waals surface area contributed by atoms with Crippen LogP contribution < -0.4 is 11.1 Å². The van der Waals surface area contributed by atoms with E-state index in [1.54, 1.807) is 18.2 Å². The molecule has 104 valence electrons. The summed E-state index contributed by atoms with van der Waals surface area (Å²) in [7, 11) is 0. The highest BCUT2D eigenvalue weighted by Gasteiger charge is 2.26. The van der Waals surface area contributed by atoms with Gasteiger partial charge in [0.05, 0.1) is 10.0 Å². The summed E-state index contributed by atoms with van der Waals surface area (Å²) in [6, 6.07) is 5.31. The summed E-state index contributed by atoms with van der Waals surface area (Å²) in [5.74, 6) is 0.0297. The fourth-order valence-corrected chi connectivity index (χ4v) is 3.03. The normalized spacial score (nSPS) is 23.1. The van der Waals surface area contributed by atoms with Crippen LogP contribution in [0.2, 0.25) is 0 Å². The van der Waals surface area contributed by atoms with E-state index in [9.17, 15) is 9.90 Å². The Morgan fingerprint density at radius 3 is 2.89 bits per heavy atom. The third-order valence-electron chi connectivity index (χ3n) is 3.73. The van der Waals surface area contributed by atoms with E-state index in [1.165, 1.54) is 0 Å². The summed E-state index contributed by atoms with van der Waals surface area (Å²) in [6.45, 7) is 0.128. The molecule has 0 aromatic heterocycles. The number of anilines is 1. The molecule has 4 N–H and O–H groups in total. The van der Waals surface area contributed by atoms with Gasteiger partial charge in [0.15, 0.2) is 0 Å². The molecule has 0 aliphatic heterocycles. The van der Waals surface area contributed by atoms with Crippen molar-refractivity contribution in [3.63, 3.8) is 0 Å². The van der Waals surface area contributed by atoms with Crippen LogP contribution in [0, 0.1) is 5.92 Å². The molecule has 2 rings (SSSR count). The van der Waals surface area contributed by atoms with Gasteiger partial charge in [0, 0.05) is 24.3 Å². The number of halogens is 1. The Balaban J connectivity index is 2.09. The number of carbonyl (C=O) groups is 1. The molecule has 1 fully saturated rings. The molecule has 2 atom stereocenters. The lowest BCUT2D eigenvalue weighted by molar-refractivity contribution is 0.0872. The quantitative estimate of drug-likeness (QED) is 0.746. The van der Waals surface area contributed by atoms with Crippen molar-refractivity contribution in [1.29, 1.82) is 0 Å². The Morgan fingerprint density at radius 1 is 1.42 bits per heavy atom. The van der Waals surface area contributed by atoms with E-state index in [4.69, 9.17) is 5.73 Å². The molecule has 2 unspecified atom stereocenters. The minimum absolute atomic E-state index is 0.0552. The largest absolute Gasteiger partial charge is 0.398 e. The highest BCUT2D eigenvalue weighted by atomic mass is 79.9. The molecule has 19 heavy (non-hydrogen) atoms. The standard InChI is InChI=1S/C14H19BrN2O2/c15-13-10(5-3-6-11(13)16)14(19)17-12-7-2-1-4-9(12)8-18/h3,5-6,9,12,18H,1-2,4,7-8,16H2,(H,17,19). The lowest BCUT2D eigenvalue weighted by Gasteiger charge is -2.31. The molecule has 0 spiro atoms. The lowest BCUT2D eigenvalue weighted by atomic mass is 9.85. The van der Waals surface area contributed by atoms with Crippen LogP contribution in [0.4, 0.5) is 5.69 Å². The number of benzene rings is 1. The van der Waals surface area contributed by atoms with E-state index < -0.39 is 0 Å². The molecular weight excluding hydrogens is 308 g/mol. The monoisotopic (exact) mass is 326 g/mol. The topological polar surface area (TPSA) is 75.4 Å². The van der Waals surface area contributed by atoms with E-state index in [1.807, 2.05) is 0 Å². The van der Waals surface area contributed by atoms with Crippen molar-refractivity contribution in [2.75, 3.05) is 12.3 Å². The maximum Gasteiger partial charge on any atom is 0.252 e. The first-order valence-corrected chi connectivity index (χ1v) is 7.38. The van der Waals surface area contributed by atoms with Crippen LogP contribution in [0.25, 0.3) is 0 Å². The summed E-state index contributed by atoms with van der Waals surface area (Å²) < 4.78 is 0.629. The minimum atomic E-state index is -0.135. The zero-order valence-corrected chi connectivity index (χ0v) is 12.3. The number of hydrogen-bond donors (Lipinski definition) is 3. The molecule has 1 aromatic rings. The van der Waals surface area contributed by atoms with Gasteiger partial charge in [-0.25, -0.2) is 0 Å². The van der Waals surface area contributed by atoms with Crippen LogP contribution in [0.15, 0.2) is 22.7 Å². The first-order valence-electron chi connectivity index (χ1n) is 6.59. The van der Waals surface area contributed by atoms with Crippen LogP contribution in [0.5, 0.6) is 0 Å². The van der Waals surface area contributed by atoms with E-state index >= 15 is 0 Å². The van der Waals surface area contributed by atoms with E-state index in [-0.39, 0.29) is 24.5 Å². The third-order valence-corrected chi connectivity index (χ3v) is 4.62. The van der Waals surface area contributed by atoms with Crippen molar-refractivity contribution in [3.05, 3.63) is 28.2 Å². The van der Waals surface area contributed by atoms with Crippen molar-refractivity contribution >= 4 is 27.5 Å². The maximum atomic E-state index is 12.3. The summed E-state index contributed by atoms with van der Waals surface area (Å²) in [5.41, 5.74) is 6.87. The predicted octanol–water partition coefficient (Wildman–Crippen LogP) is 2.31. The Bertz CT molecular complexity index is 465. The first kappa shape index (κ1) is 14.3. The number of carbonyl (C=O) groups excluding carboxylic acids is 1. The Labute approximate surface area is 121 Å². The van der Waals surface area contributed by atoms with Crippen molar-refractivity contribution in [2.24, 2.45) is 5.92 Å². The van der Waals surface area contributed by atoms with Crippen molar-refractivity contribution in [3.8, 4) is 0 Å². The molecule has 4 nitrogen and oxygen atoms in total. The minimum Gasteiger partial charge on any atom is -0.398 e. The maximum absolute atomic E-state index is 12.3. The van der Waals surface area contributed by atoms with Crippen molar-refractivity contribution < 1.29 is 9.90 Å². The lowest BCUT2D eigenvalue weighted by Crippen LogP contribution is -2.43. The zero-order valence-electron chi connectivity index (χ0n) is 10.7. The molecular formula is C14H19BrN2O2. The van der Waals surface area contributed by atoms with Crippen LogP contribution in [-0.4, -0.2) is 23.7 Å². The summed E-state index contributed by atoms with van der Waals surface area (Å²) in [6.07, 6.45) is 4.12. The van der Waals surface area contributed by atoms with E-state index in [2.05, 4.69) is 21.2 Å². The van der Waals surface area contributed by atoms with Crippen LogP contribution in [-0.2, 0) is 0 Å². The first-order chi connectivity index (χ1) is 9.13. The average Bonchev–Trinajstić information content (AvgIpc) is 2.42. The highest BCUT2D eigenvalue weighted by molar-refractivity contribution is 9.10. The molecule has 1 aliphatic carbocycles. The molecule has 0 saturated heterocycles. The fraction of sp³-hybridized carbons (Fsp3) is 0.500. The van der Waals surface area contributed by atoms with Gasteiger partial charge >= 0.3 is 0 Å². The molecule has 1 saturated carbocycles. The van der Waals surface area contributed by atoms with Gasteiger partial charge in [-0.2, -0.15) is 0 Å². The van der Waals surface area contributed by atoms with Gasteiger partial charge in [0.25, 0.3) is 5.91 Å². The Kier molecular flexibility index (Phi) is 4.82. The molecule has 0 radical (unpaired) electrons. The molecule has 5 heteroatoms. The number of nitrogens with two attached hydrogens (primary N) is 1. The third kappa shape index (κ3) is 3.28. The van der Waals surface area contributed by atoms with Crippen molar-refractivity contribution in [1.82, 2.24) is 5.32 Å². The molecule has 1 amide bonds. The number of hydrogen-bond acceptors (Lipinski definition) is 3. The molecule has 0 bridgehead atoms. The Hall–Kier alpha value is -1.07. The second-order valence-corrected chi connectivity index (χ2v) is 5.81. The van der Waals surface area contributed by atoms with Gasteiger partial charge in [-0.3, -0.25) is 4.79 Å². The van der Waals surface area contributed by atoms with E-state index in [0.717, 1.165) is 25.7 Å². The van der Waals surface area contributed by atoms with Crippen LogP contribution in [0.1, 0.15) is 36.0 Å². The van der Waals surface area contributed by atoms with Gasteiger partial charge in [0.1, 0.15) is 0 Å². The number of aliphatic hydroxyl groups excluding tert-OH is 1. The van der Waals surface area contributed by atoms with Gasteiger partial charge in [-0.15, -0.1) is 0 Å². The van der Waals surface area contributed by atoms with Gasteiger partial charge in [0.2, 0.25) is 0 Å². The summed E-state index contributed by atoms with van der Waals surface area (Å²) in [4.78, 5) is 12.3.